The van der Waals surface area contributed by atoms with Gasteiger partial charge in [-0.15, -0.1) is 11.3 Å². The summed E-state index contributed by atoms with van der Waals surface area (Å²) in [5, 5.41) is 0.667. The smallest absolute Gasteiger partial charge is 0.289 e. The van der Waals surface area contributed by atoms with Crippen LogP contribution in [0.15, 0.2) is 35.4 Å². The molecule has 0 N–H and O–H groups in total. The van der Waals surface area contributed by atoms with Gasteiger partial charge < -0.3 is 19.1 Å². The molecule has 10 nitrogen and oxygen atoms in total. The Morgan fingerprint density at radius 3 is 2.72 bits per heavy atom. The molecule has 0 radical (unpaired) electrons. The monoisotopic (exact) mass is 551 g/mol. The van der Waals surface area contributed by atoms with Crippen LogP contribution in [0.4, 0.5) is 0 Å². The molecule has 5 rings (SSSR count). The highest BCUT2D eigenvalue weighted by Crippen LogP contribution is 2.35. The summed E-state index contributed by atoms with van der Waals surface area (Å²) in [4.78, 5) is 59.6. The highest BCUT2D eigenvalue weighted by molar-refractivity contribution is 7.19. The standard InChI is InChI=1S/C28H33N5O5S/c1-18-15-33(27(36)19(2)34)10-9-32(18)16-21-14-22-26(39-21)23(17-30(3)28(22)37)20-6-7-29-24(13-20)38-12-11-31-8-4-5-25(31)35/h6-7,13-14,17-18H,4-5,8-12,15-16H2,1-3H3. The Hall–Kier alpha value is -3.57. The quantitative estimate of drug-likeness (QED) is 0.396. The molecule has 0 aromatic carbocycles. The van der Waals surface area contributed by atoms with Crippen LogP contribution in [0.25, 0.3) is 21.2 Å². The molecule has 11 heteroatoms. The lowest BCUT2D eigenvalue weighted by Crippen LogP contribution is -2.54. The average Bonchev–Trinajstić information content (AvgIpc) is 3.53. The third-order valence-corrected chi connectivity index (χ3v) is 8.60. The van der Waals surface area contributed by atoms with Crippen LogP contribution in [0.1, 0.15) is 31.6 Å². The van der Waals surface area contributed by atoms with E-state index in [2.05, 4.69) is 16.8 Å². The summed E-state index contributed by atoms with van der Waals surface area (Å²) >= 11 is 1.60. The minimum Gasteiger partial charge on any atom is -0.476 e. The topological polar surface area (TPSA) is 105 Å². The van der Waals surface area contributed by atoms with Crippen molar-refractivity contribution in [2.45, 2.75) is 39.3 Å². The van der Waals surface area contributed by atoms with Crippen molar-refractivity contribution in [1.29, 1.82) is 0 Å². The van der Waals surface area contributed by atoms with Crippen molar-refractivity contribution in [3.63, 3.8) is 0 Å². The Balaban J connectivity index is 1.34. The number of aryl methyl sites for hydroxylation is 1. The van der Waals surface area contributed by atoms with Crippen LogP contribution in [0, 0.1) is 0 Å². The van der Waals surface area contributed by atoms with E-state index in [0.717, 1.165) is 33.7 Å². The maximum atomic E-state index is 13.0. The van der Waals surface area contributed by atoms with Gasteiger partial charge in [0.15, 0.2) is 0 Å². The van der Waals surface area contributed by atoms with E-state index in [1.165, 1.54) is 6.92 Å². The molecule has 0 saturated carbocycles. The number of ketones is 1. The van der Waals surface area contributed by atoms with Crippen molar-refractivity contribution in [2.24, 2.45) is 7.05 Å². The molecule has 3 aromatic rings. The maximum absolute atomic E-state index is 13.0. The van der Waals surface area contributed by atoms with Crippen molar-refractivity contribution in [3.8, 4) is 17.0 Å². The van der Waals surface area contributed by atoms with Gasteiger partial charge in [0.2, 0.25) is 17.6 Å². The Labute approximate surface area is 230 Å². The van der Waals surface area contributed by atoms with Crippen LogP contribution in [0.2, 0.25) is 0 Å². The lowest BCUT2D eigenvalue weighted by atomic mass is 10.1. The lowest BCUT2D eigenvalue weighted by molar-refractivity contribution is -0.145. The van der Waals surface area contributed by atoms with E-state index < -0.39 is 11.7 Å². The number of carbonyl (C=O) groups is 3. The van der Waals surface area contributed by atoms with Crippen molar-refractivity contribution in [3.05, 3.63) is 45.8 Å². The normalized spacial score (nSPS) is 18.2. The number of fused-ring (bicyclic) bond motifs is 1. The number of piperazine rings is 1. The zero-order chi connectivity index (χ0) is 27.7. The number of aromatic nitrogens is 2. The summed E-state index contributed by atoms with van der Waals surface area (Å²) in [5.74, 6) is -0.219. The zero-order valence-corrected chi connectivity index (χ0v) is 23.3. The van der Waals surface area contributed by atoms with Gasteiger partial charge in [-0.2, -0.15) is 0 Å². The van der Waals surface area contributed by atoms with Crippen molar-refractivity contribution < 1.29 is 19.1 Å². The molecule has 0 bridgehead atoms. The minimum atomic E-state index is -0.435. The second-order valence-corrected chi connectivity index (χ2v) is 11.4. The molecule has 2 saturated heterocycles. The van der Waals surface area contributed by atoms with E-state index >= 15 is 0 Å². The van der Waals surface area contributed by atoms with Crippen LogP contribution in [-0.2, 0) is 28.0 Å². The predicted octanol–water partition coefficient (Wildman–Crippen LogP) is 2.28. The number of pyridine rings is 2. The number of thiophene rings is 1. The van der Waals surface area contributed by atoms with Gasteiger partial charge in [0.1, 0.15) is 6.61 Å². The van der Waals surface area contributed by atoms with Gasteiger partial charge in [0, 0.05) is 92.8 Å². The first-order valence-corrected chi connectivity index (χ1v) is 14.1. The number of amides is 2. The molecule has 0 spiro atoms. The molecule has 2 fully saturated rings. The number of hydrogen-bond acceptors (Lipinski definition) is 8. The first-order valence-electron chi connectivity index (χ1n) is 13.2. The van der Waals surface area contributed by atoms with Crippen molar-refractivity contribution in [2.75, 3.05) is 39.3 Å². The molecule has 1 unspecified atom stereocenters. The number of Topliss-reactive ketones (excluding diaryl/α,β-unsaturated/α-hetero) is 1. The van der Waals surface area contributed by atoms with Crippen LogP contribution >= 0.6 is 11.3 Å². The molecule has 3 aromatic heterocycles. The van der Waals surface area contributed by atoms with E-state index in [4.69, 9.17) is 4.74 Å². The Bertz CT molecular complexity index is 1480. The van der Waals surface area contributed by atoms with Crippen molar-refractivity contribution in [1.82, 2.24) is 24.3 Å². The highest BCUT2D eigenvalue weighted by Gasteiger charge is 2.29. The Morgan fingerprint density at radius 1 is 1.18 bits per heavy atom. The second-order valence-electron chi connectivity index (χ2n) is 10.3. The van der Waals surface area contributed by atoms with E-state index in [1.807, 2.05) is 29.3 Å². The fourth-order valence-electron chi connectivity index (χ4n) is 5.28. The molecule has 0 aliphatic carbocycles. The van der Waals surface area contributed by atoms with Crippen LogP contribution in [-0.4, -0.2) is 87.2 Å². The van der Waals surface area contributed by atoms with Gasteiger partial charge in [-0.05, 0) is 31.0 Å². The molecular formula is C28H33N5O5S. The fourth-order valence-corrected chi connectivity index (χ4v) is 6.49. The number of likely N-dealkylation sites (tertiary alicyclic amines) is 1. The van der Waals surface area contributed by atoms with Gasteiger partial charge in [0.05, 0.1) is 11.9 Å². The largest absolute Gasteiger partial charge is 0.476 e. The summed E-state index contributed by atoms with van der Waals surface area (Å²) in [6.45, 7) is 7.37. The number of nitrogens with zero attached hydrogens (tertiary/aromatic N) is 5. The summed E-state index contributed by atoms with van der Waals surface area (Å²) in [7, 11) is 1.75. The Morgan fingerprint density at radius 2 is 2.00 bits per heavy atom. The van der Waals surface area contributed by atoms with Gasteiger partial charge in [-0.3, -0.25) is 24.1 Å². The lowest BCUT2D eigenvalue weighted by Gasteiger charge is -2.39. The third-order valence-electron chi connectivity index (χ3n) is 7.44. The van der Waals surface area contributed by atoms with E-state index in [-0.39, 0.29) is 17.5 Å². The number of rotatable bonds is 8. The third kappa shape index (κ3) is 5.74. The molecule has 1 atom stereocenters. The fraction of sp³-hybridized carbons (Fsp3) is 0.464. The number of hydrogen-bond donors (Lipinski definition) is 0. The maximum Gasteiger partial charge on any atom is 0.289 e. The number of ether oxygens (including phenoxy) is 1. The predicted molar refractivity (Wildman–Crippen MR) is 149 cm³/mol. The molecule has 206 valence electrons. The van der Waals surface area contributed by atoms with E-state index in [0.29, 0.717) is 57.0 Å². The Kier molecular flexibility index (Phi) is 7.81. The second kappa shape index (κ2) is 11.3. The molecule has 2 aliphatic heterocycles. The minimum absolute atomic E-state index is 0.0537. The first-order chi connectivity index (χ1) is 18.7. The van der Waals surface area contributed by atoms with E-state index in [9.17, 15) is 19.2 Å². The molecule has 2 aliphatic rings. The SMILES string of the molecule is CC(=O)C(=O)N1CCN(Cc2cc3c(=O)n(C)cc(-c4ccnc(OCCN5CCCC5=O)c4)c3s2)C(C)C1. The van der Waals surface area contributed by atoms with Crippen LogP contribution in [0.5, 0.6) is 5.88 Å². The summed E-state index contributed by atoms with van der Waals surface area (Å²) in [6.07, 6.45) is 5.04. The summed E-state index contributed by atoms with van der Waals surface area (Å²) < 4.78 is 8.38. The first kappa shape index (κ1) is 27.0. The van der Waals surface area contributed by atoms with Gasteiger partial charge in [-0.25, -0.2) is 4.98 Å². The van der Waals surface area contributed by atoms with Gasteiger partial charge in [-0.1, -0.05) is 0 Å². The van der Waals surface area contributed by atoms with Crippen LogP contribution in [0.3, 0.4) is 0 Å². The van der Waals surface area contributed by atoms with E-state index in [1.54, 1.807) is 34.0 Å². The number of carbonyl (C=O) groups excluding carboxylic acids is 3. The summed E-state index contributed by atoms with van der Waals surface area (Å²) in [6, 6.07) is 5.84. The molecular weight excluding hydrogens is 518 g/mol. The van der Waals surface area contributed by atoms with Gasteiger partial charge in [0.25, 0.3) is 11.5 Å². The molecule has 2 amide bonds. The van der Waals surface area contributed by atoms with Crippen molar-refractivity contribution >= 4 is 39.0 Å². The van der Waals surface area contributed by atoms with Gasteiger partial charge >= 0.3 is 0 Å². The summed E-state index contributed by atoms with van der Waals surface area (Å²) in [5.41, 5.74) is 1.77. The van der Waals surface area contributed by atoms with Crippen LogP contribution < -0.4 is 10.3 Å². The molecule has 39 heavy (non-hydrogen) atoms. The zero-order valence-electron chi connectivity index (χ0n) is 22.5. The average molecular weight is 552 g/mol. The molecule has 5 heterocycles. The highest BCUT2D eigenvalue weighted by atomic mass is 32.1.